The van der Waals surface area contributed by atoms with E-state index in [0.717, 1.165) is 6.42 Å². The number of carboxylic acid groups (broad SMARTS) is 1. The van der Waals surface area contributed by atoms with Gasteiger partial charge in [0.15, 0.2) is 0 Å². The van der Waals surface area contributed by atoms with Crippen LogP contribution in [0.15, 0.2) is 0 Å². The van der Waals surface area contributed by atoms with E-state index in [1.165, 1.54) is 0 Å². The lowest BCUT2D eigenvalue weighted by molar-refractivity contribution is -0.137. The Morgan fingerprint density at radius 3 is 2.33 bits per heavy atom. The maximum Gasteiger partial charge on any atom is 0.314 e. The smallest absolute Gasteiger partial charge is 0.314 e. The molecule has 0 fully saturated rings. The molecular formula is C12H25N3O5S. The van der Waals surface area contributed by atoms with Crippen molar-refractivity contribution in [3.05, 3.63) is 0 Å². The maximum atomic E-state index is 11.4. The van der Waals surface area contributed by atoms with Gasteiger partial charge in [0, 0.05) is 19.5 Å². The minimum absolute atomic E-state index is 0.137. The molecule has 0 aromatic rings. The summed E-state index contributed by atoms with van der Waals surface area (Å²) >= 11 is 0. The highest BCUT2D eigenvalue weighted by Gasteiger charge is 2.09. The van der Waals surface area contributed by atoms with Crippen LogP contribution >= 0.6 is 0 Å². The number of hydrogen-bond acceptors (Lipinski definition) is 4. The highest BCUT2D eigenvalue weighted by molar-refractivity contribution is 7.89. The lowest BCUT2D eigenvalue weighted by Crippen LogP contribution is -2.37. The van der Waals surface area contributed by atoms with Gasteiger partial charge in [-0.25, -0.2) is 18.4 Å². The van der Waals surface area contributed by atoms with Crippen molar-refractivity contribution in [1.29, 1.82) is 0 Å². The zero-order valence-corrected chi connectivity index (χ0v) is 13.1. The second-order valence-corrected chi connectivity index (χ2v) is 6.63. The van der Waals surface area contributed by atoms with E-state index in [4.69, 9.17) is 10.2 Å². The number of sulfonamides is 1. The van der Waals surface area contributed by atoms with Gasteiger partial charge in [-0.3, -0.25) is 4.79 Å². The number of nitrogens with two attached hydrogens (primary N) is 1. The van der Waals surface area contributed by atoms with Gasteiger partial charge >= 0.3 is 12.0 Å². The Balaban J connectivity index is 3.70. The standard InChI is InChI=1S/C12H25N3O5S/c1-2-10(4-5-11(16)17)6-8-15-12(18)14-7-3-9-21(13,19)20/h10H,2-9H2,1H3,(H,16,17)(H2,13,19,20)(H2,14,15,18). The molecule has 0 rings (SSSR count). The first-order valence-corrected chi connectivity index (χ1v) is 8.70. The largest absolute Gasteiger partial charge is 0.481 e. The van der Waals surface area contributed by atoms with Crippen LogP contribution in [0.25, 0.3) is 0 Å². The van der Waals surface area contributed by atoms with E-state index in [1.807, 2.05) is 6.92 Å². The summed E-state index contributed by atoms with van der Waals surface area (Å²) < 4.78 is 21.3. The minimum atomic E-state index is -3.49. The van der Waals surface area contributed by atoms with E-state index in [-0.39, 0.29) is 37.1 Å². The van der Waals surface area contributed by atoms with Gasteiger partial charge in [0.05, 0.1) is 5.75 Å². The molecule has 1 unspecified atom stereocenters. The van der Waals surface area contributed by atoms with E-state index >= 15 is 0 Å². The molecule has 0 saturated carbocycles. The summed E-state index contributed by atoms with van der Waals surface area (Å²) in [6.07, 6.45) is 2.59. The van der Waals surface area contributed by atoms with Gasteiger partial charge in [-0.1, -0.05) is 13.3 Å². The van der Waals surface area contributed by atoms with Gasteiger partial charge in [-0.05, 0) is 25.2 Å². The van der Waals surface area contributed by atoms with Crippen LogP contribution in [0.4, 0.5) is 4.79 Å². The zero-order chi connectivity index (χ0) is 16.3. The Kier molecular flexibility index (Phi) is 9.72. The number of amides is 2. The molecule has 5 N–H and O–H groups in total. The van der Waals surface area contributed by atoms with Crippen LogP contribution in [0.3, 0.4) is 0 Å². The average molecular weight is 323 g/mol. The molecule has 0 aromatic heterocycles. The van der Waals surface area contributed by atoms with Gasteiger partial charge in [-0.2, -0.15) is 0 Å². The first-order valence-electron chi connectivity index (χ1n) is 6.98. The average Bonchev–Trinajstić information content (AvgIpc) is 2.37. The molecule has 0 radical (unpaired) electrons. The minimum Gasteiger partial charge on any atom is -0.481 e. The molecule has 0 bridgehead atoms. The van der Waals surface area contributed by atoms with E-state index in [2.05, 4.69) is 10.6 Å². The second-order valence-electron chi connectivity index (χ2n) is 4.90. The summed E-state index contributed by atoms with van der Waals surface area (Å²) in [5.41, 5.74) is 0. The van der Waals surface area contributed by atoms with Crippen LogP contribution in [0, 0.1) is 5.92 Å². The Hall–Kier alpha value is -1.35. The van der Waals surface area contributed by atoms with E-state index in [0.29, 0.717) is 19.4 Å². The monoisotopic (exact) mass is 323 g/mol. The molecule has 0 heterocycles. The predicted octanol–water partition coefficient (Wildman–Crippen LogP) is 0.245. The third kappa shape index (κ3) is 13.4. The van der Waals surface area contributed by atoms with E-state index in [1.54, 1.807) is 0 Å². The first-order chi connectivity index (χ1) is 9.74. The number of urea groups is 1. The molecule has 21 heavy (non-hydrogen) atoms. The van der Waals surface area contributed by atoms with Crippen molar-refractivity contribution >= 4 is 22.0 Å². The van der Waals surface area contributed by atoms with Crippen molar-refractivity contribution in [3.8, 4) is 0 Å². The molecule has 0 aliphatic heterocycles. The number of carbonyl (C=O) groups is 2. The summed E-state index contributed by atoms with van der Waals surface area (Å²) in [5, 5.41) is 18.6. The number of rotatable bonds is 11. The summed E-state index contributed by atoms with van der Waals surface area (Å²) in [4.78, 5) is 21.9. The van der Waals surface area contributed by atoms with Gasteiger partial charge in [-0.15, -0.1) is 0 Å². The molecule has 2 amide bonds. The number of carboxylic acids is 1. The molecule has 9 heteroatoms. The van der Waals surface area contributed by atoms with Crippen molar-refractivity contribution in [2.75, 3.05) is 18.8 Å². The Morgan fingerprint density at radius 1 is 1.19 bits per heavy atom. The second kappa shape index (κ2) is 10.4. The normalized spacial score (nSPS) is 12.7. The highest BCUT2D eigenvalue weighted by atomic mass is 32.2. The van der Waals surface area contributed by atoms with Crippen LogP contribution < -0.4 is 15.8 Å². The molecule has 1 atom stereocenters. The fourth-order valence-corrected chi connectivity index (χ4v) is 2.35. The number of aliphatic carboxylic acids is 1. The summed E-state index contributed by atoms with van der Waals surface area (Å²) in [6.45, 7) is 2.68. The maximum absolute atomic E-state index is 11.4. The van der Waals surface area contributed by atoms with E-state index in [9.17, 15) is 18.0 Å². The number of nitrogens with one attached hydrogen (secondary N) is 2. The lowest BCUT2D eigenvalue weighted by Gasteiger charge is -2.14. The summed E-state index contributed by atoms with van der Waals surface area (Å²) in [5.74, 6) is -0.710. The van der Waals surface area contributed by atoms with Gasteiger partial charge < -0.3 is 15.7 Å². The van der Waals surface area contributed by atoms with Gasteiger partial charge in [0.1, 0.15) is 0 Å². The van der Waals surface area contributed by atoms with Crippen molar-refractivity contribution in [1.82, 2.24) is 10.6 Å². The Bertz CT molecular complexity index is 425. The molecule has 124 valence electrons. The number of carbonyl (C=O) groups excluding carboxylic acids is 1. The molecule has 0 aromatic carbocycles. The van der Waals surface area contributed by atoms with Crippen molar-refractivity contribution in [2.45, 2.75) is 39.0 Å². The van der Waals surface area contributed by atoms with E-state index < -0.39 is 16.0 Å². The van der Waals surface area contributed by atoms with Crippen molar-refractivity contribution in [3.63, 3.8) is 0 Å². The van der Waals surface area contributed by atoms with Crippen molar-refractivity contribution < 1.29 is 23.1 Å². The quantitative estimate of drug-likeness (QED) is 0.404. The van der Waals surface area contributed by atoms with Gasteiger partial charge in [0.2, 0.25) is 10.0 Å². The van der Waals surface area contributed by atoms with Crippen LogP contribution in [0.5, 0.6) is 0 Å². The number of primary sulfonamides is 1. The van der Waals surface area contributed by atoms with Crippen LogP contribution in [-0.4, -0.2) is 44.4 Å². The topological polar surface area (TPSA) is 139 Å². The van der Waals surface area contributed by atoms with Crippen LogP contribution in [0.2, 0.25) is 0 Å². The lowest BCUT2D eigenvalue weighted by atomic mass is 9.97. The summed E-state index contributed by atoms with van der Waals surface area (Å²) in [7, 11) is -3.49. The SMILES string of the molecule is CCC(CCNC(=O)NCCCS(N)(=O)=O)CCC(=O)O. The Labute approximate surface area is 125 Å². The molecule has 0 spiro atoms. The Morgan fingerprint density at radius 2 is 1.81 bits per heavy atom. The number of hydrogen-bond donors (Lipinski definition) is 4. The van der Waals surface area contributed by atoms with Crippen LogP contribution in [0.1, 0.15) is 39.0 Å². The molecule has 0 aliphatic rings. The van der Waals surface area contributed by atoms with Gasteiger partial charge in [0.25, 0.3) is 0 Å². The zero-order valence-electron chi connectivity index (χ0n) is 12.3. The van der Waals surface area contributed by atoms with Crippen LogP contribution in [-0.2, 0) is 14.8 Å². The third-order valence-electron chi connectivity index (χ3n) is 3.07. The highest BCUT2D eigenvalue weighted by Crippen LogP contribution is 2.14. The summed E-state index contributed by atoms with van der Waals surface area (Å²) in [6, 6.07) is -0.363. The fraction of sp³-hybridized carbons (Fsp3) is 0.833. The molecular weight excluding hydrogens is 298 g/mol. The predicted molar refractivity (Wildman–Crippen MR) is 79.3 cm³/mol. The molecule has 8 nitrogen and oxygen atoms in total. The third-order valence-corrected chi connectivity index (χ3v) is 3.93. The van der Waals surface area contributed by atoms with Crippen molar-refractivity contribution in [2.24, 2.45) is 11.1 Å². The fourth-order valence-electron chi connectivity index (χ4n) is 1.81. The molecule has 0 aliphatic carbocycles. The molecule has 0 saturated heterocycles. The first kappa shape index (κ1) is 19.7.